The number of hydrogen-bond acceptors (Lipinski definition) is 2. The lowest BCUT2D eigenvalue weighted by Crippen LogP contribution is -2.03. The average molecular weight is 204 g/mol. The summed E-state index contributed by atoms with van der Waals surface area (Å²) in [6.45, 7) is 1.10. The second-order valence-electron chi connectivity index (χ2n) is 2.58. The molecule has 0 radical (unpaired) electrons. The van der Waals surface area contributed by atoms with Crippen molar-refractivity contribution in [1.29, 1.82) is 0 Å². The molecule has 14 heavy (non-hydrogen) atoms. The Kier molecular flexibility index (Phi) is 3.11. The third kappa shape index (κ3) is 2.48. The minimum Gasteiger partial charge on any atom is -0.424 e. The quantitative estimate of drug-likeness (QED) is 0.546. The summed E-state index contributed by atoms with van der Waals surface area (Å²) in [6.07, 6.45) is -2.74. The van der Waals surface area contributed by atoms with Gasteiger partial charge in [-0.05, 0) is 18.2 Å². The molecular weight excluding hydrogens is 197 g/mol. The Hall–Kier alpha value is -1.52. The van der Waals surface area contributed by atoms with Crippen LogP contribution in [0.1, 0.15) is 18.9 Å². The van der Waals surface area contributed by atoms with Gasteiger partial charge in [0.1, 0.15) is 0 Å². The number of rotatable bonds is 2. The molecule has 0 amide bonds. The van der Waals surface area contributed by atoms with Gasteiger partial charge in [-0.25, -0.2) is 13.2 Å². The largest absolute Gasteiger partial charge is 0.424 e. The summed E-state index contributed by atoms with van der Waals surface area (Å²) in [6, 6.07) is 2.65. The highest BCUT2D eigenvalue weighted by Gasteiger charge is 2.12. The molecule has 76 valence electrons. The number of esters is 1. The van der Waals surface area contributed by atoms with Crippen molar-refractivity contribution in [3.05, 3.63) is 29.6 Å². The molecule has 0 saturated carbocycles. The number of carbonyl (C=O) groups is 1. The molecule has 0 aliphatic carbocycles. The van der Waals surface area contributed by atoms with Gasteiger partial charge in [0, 0.05) is 12.5 Å². The van der Waals surface area contributed by atoms with Gasteiger partial charge in [0.2, 0.25) is 0 Å². The van der Waals surface area contributed by atoms with E-state index in [-0.39, 0.29) is 5.75 Å². The molecule has 2 nitrogen and oxygen atoms in total. The fraction of sp³-hybridized carbons (Fsp3) is 0.222. The number of benzene rings is 1. The van der Waals surface area contributed by atoms with Crippen LogP contribution in [-0.2, 0) is 4.79 Å². The van der Waals surface area contributed by atoms with Crippen molar-refractivity contribution in [3.63, 3.8) is 0 Å². The van der Waals surface area contributed by atoms with Crippen LogP contribution in [0.2, 0.25) is 0 Å². The van der Waals surface area contributed by atoms with E-state index in [1.54, 1.807) is 0 Å². The summed E-state index contributed by atoms with van der Waals surface area (Å²) in [5.74, 6) is -2.02. The highest BCUT2D eigenvalue weighted by molar-refractivity contribution is 5.69. The first-order chi connectivity index (χ1) is 6.50. The van der Waals surface area contributed by atoms with E-state index in [1.165, 1.54) is 0 Å². The molecule has 1 aromatic carbocycles. The number of ether oxygens (including phenoxy) is 1. The van der Waals surface area contributed by atoms with Gasteiger partial charge in [-0.1, -0.05) is 0 Å². The molecule has 1 rings (SSSR count). The Labute approximate surface area is 78.3 Å². The smallest absolute Gasteiger partial charge is 0.308 e. The maximum absolute atomic E-state index is 13.0. The van der Waals surface area contributed by atoms with Crippen molar-refractivity contribution in [1.82, 2.24) is 0 Å². The van der Waals surface area contributed by atoms with Gasteiger partial charge in [0.15, 0.2) is 11.6 Å². The first-order valence-corrected chi connectivity index (χ1v) is 3.76. The highest BCUT2D eigenvalue weighted by Crippen LogP contribution is 2.24. The van der Waals surface area contributed by atoms with E-state index in [0.717, 1.165) is 19.1 Å². The van der Waals surface area contributed by atoms with Crippen LogP contribution in [0.3, 0.4) is 0 Å². The van der Waals surface area contributed by atoms with Crippen molar-refractivity contribution >= 4 is 5.97 Å². The van der Waals surface area contributed by atoms with Crippen molar-refractivity contribution in [2.75, 3.05) is 0 Å². The minimum absolute atomic E-state index is 0.345. The lowest BCUT2D eigenvalue weighted by molar-refractivity contribution is -0.132. The maximum atomic E-state index is 13.0. The van der Waals surface area contributed by atoms with Crippen LogP contribution in [0, 0.1) is 5.82 Å². The Morgan fingerprint density at radius 2 is 2.07 bits per heavy atom. The lowest BCUT2D eigenvalue weighted by atomic mass is 10.2. The predicted molar refractivity (Wildman–Crippen MR) is 42.7 cm³/mol. The standard InChI is InChI=1S/C9H7F3O2/c1-5(13)14-8-3-2-6(9(11)12)4-7(8)10/h2-4,9H,1H3. The van der Waals surface area contributed by atoms with Crippen LogP contribution in [0.15, 0.2) is 18.2 Å². The van der Waals surface area contributed by atoms with Gasteiger partial charge in [-0.15, -0.1) is 0 Å². The van der Waals surface area contributed by atoms with E-state index in [1.807, 2.05) is 0 Å². The maximum Gasteiger partial charge on any atom is 0.308 e. The summed E-state index contributed by atoms with van der Waals surface area (Å²) < 4.78 is 41.5. The number of hydrogen-bond donors (Lipinski definition) is 0. The van der Waals surface area contributed by atoms with Gasteiger partial charge < -0.3 is 4.74 Å². The fourth-order valence-corrected chi connectivity index (χ4v) is 0.890. The summed E-state index contributed by atoms with van der Waals surface area (Å²) in [7, 11) is 0. The predicted octanol–water partition coefficient (Wildman–Crippen LogP) is 2.69. The molecule has 0 unspecified atom stereocenters. The fourth-order valence-electron chi connectivity index (χ4n) is 0.890. The minimum atomic E-state index is -2.74. The first kappa shape index (κ1) is 10.6. The van der Waals surface area contributed by atoms with Crippen molar-refractivity contribution in [2.45, 2.75) is 13.3 Å². The van der Waals surface area contributed by atoms with E-state index in [2.05, 4.69) is 4.74 Å². The molecule has 0 fully saturated rings. The van der Waals surface area contributed by atoms with Gasteiger partial charge in [0.05, 0.1) is 0 Å². The first-order valence-electron chi connectivity index (χ1n) is 3.76. The number of carbonyl (C=O) groups excluding carboxylic acids is 1. The van der Waals surface area contributed by atoms with E-state index < -0.39 is 23.8 Å². The molecule has 0 spiro atoms. The molecule has 0 aromatic heterocycles. The van der Waals surface area contributed by atoms with Crippen LogP contribution in [0.5, 0.6) is 5.75 Å². The molecule has 0 aliphatic rings. The molecule has 0 heterocycles. The molecule has 5 heteroatoms. The topological polar surface area (TPSA) is 26.3 Å². The monoisotopic (exact) mass is 204 g/mol. The summed E-state index contributed by atoms with van der Waals surface area (Å²) >= 11 is 0. The molecule has 0 atom stereocenters. The SMILES string of the molecule is CC(=O)Oc1ccc(C(F)F)cc1F. The summed E-state index contributed by atoms with van der Waals surface area (Å²) in [4.78, 5) is 10.4. The molecule has 0 saturated heterocycles. The van der Waals surface area contributed by atoms with E-state index in [0.29, 0.717) is 6.07 Å². The van der Waals surface area contributed by atoms with Crippen LogP contribution in [0.4, 0.5) is 13.2 Å². The van der Waals surface area contributed by atoms with Crippen LogP contribution >= 0.6 is 0 Å². The Balaban J connectivity index is 2.95. The zero-order chi connectivity index (χ0) is 10.7. The molecule has 0 bridgehead atoms. The molecule has 1 aromatic rings. The van der Waals surface area contributed by atoms with E-state index in [4.69, 9.17) is 0 Å². The van der Waals surface area contributed by atoms with Crippen molar-refractivity contribution in [2.24, 2.45) is 0 Å². The Bertz CT molecular complexity index is 350. The van der Waals surface area contributed by atoms with E-state index in [9.17, 15) is 18.0 Å². The summed E-state index contributed by atoms with van der Waals surface area (Å²) in [5.41, 5.74) is -0.446. The second-order valence-corrected chi connectivity index (χ2v) is 2.58. The number of halogens is 3. The summed E-state index contributed by atoms with van der Waals surface area (Å²) in [5, 5.41) is 0. The molecule has 0 N–H and O–H groups in total. The molecule has 0 aliphatic heterocycles. The second kappa shape index (κ2) is 4.13. The number of alkyl halides is 2. The third-order valence-electron chi connectivity index (χ3n) is 1.46. The normalized spacial score (nSPS) is 10.4. The van der Waals surface area contributed by atoms with Gasteiger partial charge >= 0.3 is 5.97 Å². The van der Waals surface area contributed by atoms with Crippen LogP contribution in [-0.4, -0.2) is 5.97 Å². The van der Waals surface area contributed by atoms with Crippen molar-refractivity contribution in [3.8, 4) is 5.75 Å². The lowest BCUT2D eigenvalue weighted by Gasteiger charge is -2.04. The van der Waals surface area contributed by atoms with Crippen molar-refractivity contribution < 1.29 is 22.7 Å². The Morgan fingerprint density at radius 3 is 2.50 bits per heavy atom. The van der Waals surface area contributed by atoms with Crippen LogP contribution < -0.4 is 4.74 Å². The zero-order valence-corrected chi connectivity index (χ0v) is 7.26. The van der Waals surface area contributed by atoms with Gasteiger partial charge in [0.25, 0.3) is 6.43 Å². The van der Waals surface area contributed by atoms with Gasteiger partial charge in [-0.3, -0.25) is 4.79 Å². The highest BCUT2D eigenvalue weighted by atomic mass is 19.3. The zero-order valence-electron chi connectivity index (χ0n) is 7.26. The van der Waals surface area contributed by atoms with Gasteiger partial charge in [-0.2, -0.15) is 0 Å². The molecular formula is C9H7F3O2. The Morgan fingerprint density at radius 1 is 1.43 bits per heavy atom. The van der Waals surface area contributed by atoms with E-state index >= 15 is 0 Å². The van der Waals surface area contributed by atoms with Crippen LogP contribution in [0.25, 0.3) is 0 Å². The third-order valence-corrected chi connectivity index (χ3v) is 1.46. The average Bonchev–Trinajstić information content (AvgIpc) is 2.07.